The van der Waals surface area contributed by atoms with Crippen LogP contribution in [0.1, 0.15) is 11.6 Å². The Morgan fingerprint density at radius 1 is 1.20 bits per heavy atom. The molecule has 5 heteroatoms. The smallest absolute Gasteiger partial charge is 0.333 e. The minimum atomic E-state index is -0.789. The lowest BCUT2D eigenvalue weighted by Crippen LogP contribution is -2.22. The molecule has 2 aromatic rings. The number of benzene rings is 2. The summed E-state index contributed by atoms with van der Waals surface area (Å²) in [4.78, 5) is 11.9. The molecule has 2 rings (SSSR count). The quantitative estimate of drug-likeness (QED) is 0.848. The van der Waals surface area contributed by atoms with Crippen LogP contribution in [0.4, 0.5) is 5.69 Å². The number of para-hydroxylation sites is 1. The first-order valence-corrected chi connectivity index (χ1v) is 6.37. The molecule has 0 radical (unpaired) electrons. The fourth-order valence-electron chi connectivity index (χ4n) is 1.83. The van der Waals surface area contributed by atoms with Crippen molar-refractivity contribution in [2.24, 2.45) is 0 Å². The predicted octanol–water partition coefficient (Wildman–Crippen LogP) is 3.37. The van der Waals surface area contributed by atoms with Crippen molar-refractivity contribution in [3.05, 3.63) is 59.1 Å². The normalized spacial score (nSPS) is 11.7. The van der Waals surface area contributed by atoms with Crippen LogP contribution in [0.15, 0.2) is 48.5 Å². The van der Waals surface area contributed by atoms with Crippen LogP contribution in [0.3, 0.4) is 0 Å². The molecule has 0 saturated heterocycles. The number of hydrogen-bond donors (Lipinski definition) is 2. The van der Waals surface area contributed by atoms with E-state index in [2.05, 4.69) is 5.32 Å². The van der Waals surface area contributed by atoms with Gasteiger partial charge in [-0.05, 0) is 30.3 Å². The molecular formula is C15H14ClNO3. The number of aromatic hydroxyl groups is 1. The zero-order chi connectivity index (χ0) is 14.5. The molecule has 0 amide bonds. The maximum absolute atomic E-state index is 11.9. The molecule has 0 spiro atoms. The SMILES string of the molecule is COC(=O)C(Nc1ccc(Cl)cc1)c1ccccc1O. The average molecular weight is 292 g/mol. The summed E-state index contributed by atoms with van der Waals surface area (Å²) in [5.41, 5.74) is 1.15. The zero-order valence-corrected chi connectivity index (χ0v) is 11.6. The van der Waals surface area contributed by atoms with E-state index < -0.39 is 12.0 Å². The molecule has 2 aromatic carbocycles. The van der Waals surface area contributed by atoms with Crippen LogP contribution >= 0.6 is 11.6 Å². The number of ether oxygens (including phenoxy) is 1. The van der Waals surface area contributed by atoms with Gasteiger partial charge < -0.3 is 15.2 Å². The Balaban J connectivity index is 2.31. The summed E-state index contributed by atoms with van der Waals surface area (Å²) < 4.78 is 4.78. The first-order chi connectivity index (χ1) is 9.61. The van der Waals surface area contributed by atoms with Gasteiger partial charge in [-0.15, -0.1) is 0 Å². The molecule has 0 aromatic heterocycles. The lowest BCUT2D eigenvalue weighted by Gasteiger charge is -2.19. The van der Waals surface area contributed by atoms with Crippen molar-refractivity contribution in [2.75, 3.05) is 12.4 Å². The minimum Gasteiger partial charge on any atom is -0.508 e. The number of phenols is 1. The molecule has 0 fully saturated rings. The van der Waals surface area contributed by atoms with Crippen molar-refractivity contribution < 1.29 is 14.6 Å². The maximum Gasteiger partial charge on any atom is 0.333 e. The van der Waals surface area contributed by atoms with Gasteiger partial charge in [-0.1, -0.05) is 29.8 Å². The topological polar surface area (TPSA) is 58.6 Å². The second-order valence-electron chi connectivity index (χ2n) is 4.17. The van der Waals surface area contributed by atoms with Gasteiger partial charge in [0.2, 0.25) is 0 Å². The number of phenolic OH excluding ortho intramolecular Hbond substituents is 1. The Morgan fingerprint density at radius 2 is 1.85 bits per heavy atom. The van der Waals surface area contributed by atoms with Crippen LogP contribution in [0.25, 0.3) is 0 Å². The molecule has 2 N–H and O–H groups in total. The number of carbonyl (C=O) groups is 1. The van der Waals surface area contributed by atoms with Gasteiger partial charge in [0.25, 0.3) is 0 Å². The molecule has 1 atom stereocenters. The highest BCUT2D eigenvalue weighted by Crippen LogP contribution is 2.28. The number of halogens is 1. The summed E-state index contributed by atoms with van der Waals surface area (Å²) in [5, 5.41) is 13.5. The van der Waals surface area contributed by atoms with Crippen LogP contribution in [0.2, 0.25) is 5.02 Å². The fourth-order valence-corrected chi connectivity index (χ4v) is 1.95. The zero-order valence-electron chi connectivity index (χ0n) is 10.8. The third kappa shape index (κ3) is 3.22. The van der Waals surface area contributed by atoms with E-state index in [0.29, 0.717) is 16.3 Å². The summed E-state index contributed by atoms with van der Waals surface area (Å²) in [5.74, 6) is -0.453. The van der Waals surface area contributed by atoms with Gasteiger partial charge in [0.05, 0.1) is 7.11 Å². The molecule has 20 heavy (non-hydrogen) atoms. The third-order valence-electron chi connectivity index (χ3n) is 2.84. The predicted molar refractivity (Wildman–Crippen MR) is 77.9 cm³/mol. The summed E-state index contributed by atoms with van der Waals surface area (Å²) in [6.07, 6.45) is 0. The van der Waals surface area contributed by atoms with E-state index >= 15 is 0 Å². The Kier molecular flexibility index (Phi) is 4.48. The lowest BCUT2D eigenvalue weighted by molar-refractivity contribution is -0.141. The van der Waals surface area contributed by atoms with E-state index in [9.17, 15) is 9.90 Å². The summed E-state index contributed by atoms with van der Waals surface area (Å²) >= 11 is 5.82. The van der Waals surface area contributed by atoms with Gasteiger partial charge in [-0.2, -0.15) is 0 Å². The monoisotopic (exact) mass is 291 g/mol. The van der Waals surface area contributed by atoms with Gasteiger partial charge in [0.1, 0.15) is 5.75 Å². The Hall–Kier alpha value is -2.20. The molecule has 0 aliphatic rings. The van der Waals surface area contributed by atoms with Crippen LogP contribution in [-0.2, 0) is 9.53 Å². The van der Waals surface area contributed by atoms with Crippen LogP contribution in [0.5, 0.6) is 5.75 Å². The van der Waals surface area contributed by atoms with Crippen LogP contribution in [-0.4, -0.2) is 18.2 Å². The van der Waals surface area contributed by atoms with E-state index in [1.54, 1.807) is 42.5 Å². The van der Waals surface area contributed by atoms with Gasteiger partial charge in [0.15, 0.2) is 6.04 Å². The maximum atomic E-state index is 11.9. The van der Waals surface area contributed by atoms with E-state index in [-0.39, 0.29) is 5.75 Å². The highest BCUT2D eigenvalue weighted by molar-refractivity contribution is 6.30. The first kappa shape index (κ1) is 14.2. The summed E-state index contributed by atoms with van der Waals surface area (Å²) in [6.45, 7) is 0. The van der Waals surface area contributed by atoms with Crippen LogP contribution in [0, 0.1) is 0 Å². The van der Waals surface area contributed by atoms with Crippen LogP contribution < -0.4 is 5.32 Å². The highest BCUT2D eigenvalue weighted by Gasteiger charge is 2.23. The molecule has 4 nitrogen and oxygen atoms in total. The van der Waals surface area contributed by atoms with Crippen molar-refractivity contribution in [3.8, 4) is 5.75 Å². The Bertz CT molecular complexity index is 598. The Labute approximate surface area is 122 Å². The molecule has 0 heterocycles. The number of anilines is 1. The van der Waals surface area contributed by atoms with Gasteiger partial charge in [-0.25, -0.2) is 4.79 Å². The van der Waals surface area contributed by atoms with E-state index in [1.807, 2.05) is 0 Å². The summed E-state index contributed by atoms with van der Waals surface area (Å²) in [6, 6.07) is 12.8. The summed E-state index contributed by atoms with van der Waals surface area (Å²) in [7, 11) is 1.30. The van der Waals surface area contributed by atoms with E-state index in [4.69, 9.17) is 16.3 Å². The molecule has 0 saturated carbocycles. The second kappa shape index (κ2) is 6.30. The fraction of sp³-hybridized carbons (Fsp3) is 0.133. The van der Waals surface area contributed by atoms with E-state index in [1.165, 1.54) is 13.2 Å². The number of rotatable bonds is 4. The molecule has 0 bridgehead atoms. The van der Waals surface area contributed by atoms with Gasteiger partial charge in [-0.3, -0.25) is 0 Å². The first-order valence-electron chi connectivity index (χ1n) is 5.99. The minimum absolute atomic E-state index is 0.0318. The van der Waals surface area contributed by atoms with Crippen molar-refractivity contribution in [2.45, 2.75) is 6.04 Å². The number of methoxy groups -OCH3 is 1. The molecule has 1 unspecified atom stereocenters. The Morgan fingerprint density at radius 3 is 2.45 bits per heavy atom. The van der Waals surface area contributed by atoms with Crippen molar-refractivity contribution >= 4 is 23.3 Å². The standard InChI is InChI=1S/C15H14ClNO3/c1-20-15(19)14(12-4-2-3-5-13(12)18)17-11-8-6-10(16)7-9-11/h2-9,14,17-18H,1H3. The number of nitrogens with one attached hydrogen (secondary N) is 1. The molecule has 0 aliphatic carbocycles. The van der Waals surface area contributed by atoms with Crippen molar-refractivity contribution in [1.82, 2.24) is 0 Å². The number of hydrogen-bond acceptors (Lipinski definition) is 4. The van der Waals surface area contributed by atoms with Crippen molar-refractivity contribution in [3.63, 3.8) is 0 Å². The third-order valence-corrected chi connectivity index (χ3v) is 3.09. The number of carbonyl (C=O) groups excluding carboxylic acids is 1. The van der Waals surface area contributed by atoms with Crippen molar-refractivity contribution in [1.29, 1.82) is 0 Å². The molecular weight excluding hydrogens is 278 g/mol. The second-order valence-corrected chi connectivity index (χ2v) is 4.60. The lowest BCUT2D eigenvalue weighted by atomic mass is 10.1. The van der Waals surface area contributed by atoms with E-state index in [0.717, 1.165) is 0 Å². The van der Waals surface area contributed by atoms with Gasteiger partial charge >= 0.3 is 5.97 Å². The largest absolute Gasteiger partial charge is 0.508 e. The number of esters is 1. The molecule has 104 valence electrons. The van der Waals surface area contributed by atoms with Gasteiger partial charge in [0, 0.05) is 16.3 Å². The average Bonchev–Trinajstić information content (AvgIpc) is 2.47. The molecule has 0 aliphatic heterocycles. The highest BCUT2D eigenvalue weighted by atomic mass is 35.5.